The van der Waals surface area contributed by atoms with Gasteiger partial charge in [0.2, 0.25) is 5.91 Å². The monoisotopic (exact) mass is 468 g/mol. The van der Waals surface area contributed by atoms with Crippen LogP contribution >= 0.6 is 11.6 Å². The Morgan fingerprint density at radius 1 is 0.909 bits per heavy atom. The predicted octanol–water partition coefficient (Wildman–Crippen LogP) is 1.51. The highest BCUT2D eigenvalue weighted by Gasteiger charge is 2.43. The van der Waals surface area contributed by atoms with Crippen LogP contribution in [0.3, 0.4) is 0 Å². The molecule has 0 unspecified atom stereocenters. The Hall–Kier alpha value is -3.50. The van der Waals surface area contributed by atoms with Crippen molar-refractivity contribution in [2.75, 3.05) is 37.6 Å². The van der Waals surface area contributed by atoms with Gasteiger partial charge in [0.25, 0.3) is 11.8 Å². The molecule has 0 aliphatic carbocycles. The Morgan fingerprint density at radius 2 is 1.67 bits per heavy atom. The van der Waals surface area contributed by atoms with E-state index in [1.807, 2.05) is 18.2 Å². The minimum Gasteiger partial charge on any atom is -0.369 e. The van der Waals surface area contributed by atoms with E-state index in [0.717, 1.165) is 47.4 Å². The summed E-state index contributed by atoms with van der Waals surface area (Å²) in [7, 11) is 0. The molecular weight excluding hydrogens is 448 g/mol. The van der Waals surface area contributed by atoms with Crippen LogP contribution in [0.1, 0.15) is 32.7 Å². The molecule has 170 valence electrons. The average Bonchev–Trinajstić information content (AvgIpc) is 3.04. The van der Waals surface area contributed by atoms with Crippen molar-refractivity contribution in [3.8, 4) is 0 Å². The number of aromatic nitrogens is 1. The lowest BCUT2D eigenvalue weighted by Gasteiger charge is -2.36. The molecule has 0 bridgehead atoms. The fourth-order valence-electron chi connectivity index (χ4n) is 4.35. The number of piperazine rings is 1. The first kappa shape index (κ1) is 21.4. The fourth-order valence-corrected chi connectivity index (χ4v) is 4.52. The minimum absolute atomic E-state index is 0.0179. The summed E-state index contributed by atoms with van der Waals surface area (Å²) < 4.78 is 0. The van der Waals surface area contributed by atoms with Crippen LogP contribution in [0.5, 0.6) is 0 Å². The van der Waals surface area contributed by atoms with E-state index in [0.29, 0.717) is 11.7 Å². The van der Waals surface area contributed by atoms with Crippen molar-refractivity contribution in [3.63, 3.8) is 0 Å². The number of hydrogen-bond acceptors (Lipinski definition) is 7. The summed E-state index contributed by atoms with van der Waals surface area (Å²) in [5.74, 6) is -1.54. The number of urea groups is 1. The molecule has 0 saturated carbocycles. The number of carbonyl (C=O) groups is 4. The molecule has 1 N–H and O–H groups in total. The molecule has 3 aliphatic heterocycles. The molecule has 5 rings (SSSR count). The predicted molar refractivity (Wildman–Crippen MR) is 119 cm³/mol. The number of hydrogen-bond donors (Lipinski definition) is 1. The highest BCUT2D eigenvalue weighted by atomic mass is 35.5. The molecular formula is C22H21ClN6O4. The quantitative estimate of drug-likeness (QED) is 0.535. The van der Waals surface area contributed by atoms with Crippen LogP contribution in [0.4, 0.5) is 10.5 Å². The summed E-state index contributed by atoms with van der Waals surface area (Å²) in [6.45, 7) is 3.95. The number of halogens is 1. The molecule has 2 fully saturated rings. The number of hydrazine groups is 1. The summed E-state index contributed by atoms with van der Waals surface area (Å²) in [5, 5.41) is 4.43. The molecule has 1 aromatic carbocycles. The normalized spacial score (nSPS) is 19.2. The van der Waals surface area contributed by atoms with Gasteiger partial charge in [-0.2, -0.15) is 5.01 Å². The van der Waals surface area contributed by atoms with Crippen LogP contribution in [0.2, 0.25) is 5.15 Å². The van der Waals surface area contributed by atoms with Gasteiger partial charge in [-0.15, -0.1) is 0 Å². The smallest absolute Gasteiger partial charge is 0.343 e. The molecule has 11 heteroatoms. The average molecular weight is 469 g/mol. The van der Waals surface area contributed by atoms with E-state index < -0.39 is 23.8 Å². The first-order valence-electron chi connectivity index (χ1n) is 10.6. The van der Waals surface area contributed by atoms with Gasteiger partial charge in [-0.1, -0.05) is 17.7 Å². The van der Waals surface area contributed by atoms with Gasteiger partial charge in [0.05, 0.1) is 17.7 Å². The van der Waals surface area contributed by atoms with E-state index >= 15 is 0 Å². The Kier molecular flexibility index (Phi) is 5.47. The van der Waals surface area contributed by atoms with Crippen molar-refractivity contribution in [3.05, 3.63) is 58.4 Å². The van der Waals surface area contributed by atoms with Gasteiger partial charge in [0.1, 0.15) is 5.15 Å². The lowest BCUT2D eigenvalue weighted by molar-refractivity contribution is -0.122. The standard InChI is InChI=1S/C22H21ClN6O4/c23-18-12-15(3-5-24-18)27-9-7-26(8-10-27)13-14-1-2-16-17(11-14)21(32)29(20(16)31)28-6-4-19(30)25-22(28)33/h1-3,5,11-12H,4,6-10,13H2,(H,25,30,33). The second-order valence-corrected chi connectivity index (χ2v) is 8.52. The maximum atomic E-state index is 13.0. The number of rotatable bonds is 4. The van der Waals surface area contributed by atoms with Crippen LogP contribution in [0, 0.1) is 0 Å². The zero-order valence-corrected chi connectivity index (χ0v) is 18.4. The van der Waals surface area contributed by atoms with Crippen molar-refractivity contribution in [2.24, 2.45) is 0 Å². The van der Waals surface area contributed by atoms with E-state index in [-0.39, 0.29) is 24.1 Å². The molecule has 2 aromatic rings. The van der Waals surface area contributed by atoms with E-state index in [4.69, 9.17) is 11.6 Å². The second kappa shape index (κ2) is 8.45. The lowest BCUT2D eigenvalue weighted by Crippen LogP contribution is -2.58. The molecule has 10 nitrogen and oxygen atoms in total. The van der Waals surface area contributed by atoms with Crippen molar-refractivity contribution in [1.82, 2.24) is 25.2 Å². The molecule has 33 heavy (non-hydrogen) atoms. The zero-order valence-electron chi connectivity index (χ0n) is 17.7. The summed E-state index contributed by atoms with van der Waals surface area (Å²) >= 11 is 6.00. The molecule has 2 saturated heterocycles. The maximum absolute atomic E-state index is 13.0. The number of fused-ring (bicyclic) bond motifs is 1. The van der Waals surface area contributed by atoms with E-state index in [1.165, 1.54) is 0 Å². The lowest BCUT2D eigenvalue weighted by atomic mass is 10.1. The van der Waals surface area contributed by atoms with Crippen molar-refractivity contribution in [1.29, 1.82) is 0 Å². The molecule has 5 amide bonds. The maximum Gasteiger partial charge on any atom is 0.343 e. The number of imide groups is 2. The minimum atomic E-state index is -0.769. The number of pyridine rings is 1. The first-order valence-corrected chi connectivity index (χ1v) is 11.0. The summed E-state index contributed by atoms with van der Waals surface area (Å²) in [6, 6.07) is 8.21. The van der Waals surface area contributed by atoms with Crippen molar-refractivity contribution < 1.29 is 19.2 Å². The van der Waals surface area contributed by atoms with Gasteiger partial charge in [0.15, 0.2) is 0 Å². The SMILES string of the molecule is O=C1CCN(N2C(=O)c3ccc(CN4CCN(c5ccnc(Cl)c5)CC4)cc3C2=O)C(=O)N1. The number of carbonyl (C=O) groups excluding carboxylic acids is 4. The Bertz CT molecular complexity index is 1160. The topological polar surface area (TPSA) is 106 Å². The molecule has 1 aromatic heterocycles. The fraction of sp³-hybridized carbons (Fsp3) is 0.318. The summed E-state index contributed by atoms with van der Waals surface area (Å²) in [4.78, 5) is 57.9. The van der Waals surface area contributed by atoms with Crippen molar-refractivity contribution in [2.45, 2.75) is 13.0 Å². The number of nitrogens with zero attached hydrogens (tertiary/aromatic N) is 5. The summed E-state index contributed by atoms with van der Waals surface area (Å²) in [5.41, 5.74) is 2.48. The van der Waals surface area contributed by atoms with Gasteiger partial charge < -0.3 is 4.90 Å². The Balaban J connectivity index is 1.26. The van der Waals surface area contributed by atoms with E-state index in [9.17, 15) is 19.2 Å². The third-order valence-electron chi connectivity index (χ3n) is 6.06. The van der Waals surface area contributed by atoms with Gasteiger partial charge in [-0.05, 0) is 29.8 Å². The Labute approximate surface area is 194 Å². The van der Waals surface area contributed by atoms with Gasteiger partial charge in [0, 0.05) is 51.0 Å². The van der Waals surface area contributed by atoms with Gasteiger partial charge >= 0.3 is 6.03 Å². The molecule has 0 radical (unpaired) electrons. The van der Waals surface area contributed by atoms with E-state index in [1.54, 1.807) is 18.3 Å². The third-order valence-corrected chi connectivity index (χ3v) is 6.26. The van der Waals surface area contributed by atoms with Crippen LogP contribution in [-0.2, 0) is 11.3 Å². The van der Waals surface area contributed by atoms with Gasteiger partial charge in [-0.25, -0.2) is 14.8 Å². The first-order chi connectivity index (χ1) is 15.9. The molecule has 0 atom stereocenters. The third kappa shape index (κ3) is 4.03. The zero-order chi connectivity index (χ0) is 23.1. The number of nitrogens with one attached hydrogen (secondary N) is 1. The second-order valence-electron chi connectivity index (χ2n) is 8.13. The van der Waals surface area contributed by atoms with Crippen LogP contribution < -0.4 is 10.2 Å². The number of anilines is 1. The highest BCUT2D eigenvalue weighted by molar-refractivity contribution is 6.29. The van der Waals surface area contributed by atoms with Crippen LogP contribution in [-0.4, -0.2) is 76.4 Å². The molecule has 0 spiro atoms. The van der Waals surface area contributed by atoms with Gasteiger partial charge in [-0.3, -0.25) is 24.6 Å². The van der Waals surface area contributed by atoms with Crippen LogP contribution in [0.15, 0.2) is 36.5 Å². The Morgan fingerprint density at radius 3 is 2.39 bits per heavy atom. The number of benzene rings is 1. The summed E-state index contributed by atoms with van der Waals surface area (Å²) in [6.07, 6.45) is 1.73. The highest BCUT2D eigenvalue weighted by Crippen LogP contribution is 2.27. The molecule has 4 heterocycles. The number of amides is 5. The van der Waals surface area contributed by atoms with Crippen LogP contribution in [0.25, 0.3) is 0 Å². The largest absolute Gasteiger partial charge is 0.369 e. The molecule has 3 aliphatic rings. The van der Waals surface area contributed by atoms with E-state index in [2.05, 4.69) is 20.1 Å². The van der Waals surface area contributed by atoms with Crippen molar-refractivity contribution >= 4 is 41.0 Å².